The number of allylic oxidation sites excluding steroid dienone is 2. The van der Waals surface area contributed by atoms with E-state index in [-0.39, 0.29) is 20.8 Å². The van der Waals surface area contributed by atoms with Gasteiger partial charge in [0.25, 0.3) is 0 Å². The van der Waals surface area contributed by atoms with E-state index >= 15 is 0 Å². The number of ether oxygens (including phenoxy) is 2. The van der Waals surface area contributed by atoms with E-state index in [1.807, 2.05) is 55.4 Å². The molecule has 0 aromatic heterocycles. The van der Waals surface area contributed by atoms with Crippen LogP contribution in [0.15, 0.2) is 21.0 Å². The van der Waals surface area contributed by atoms with Crippen LogP contribution in [-0.2, 0) is 29.5 Å². The van der Waals surface area contributed by atoms with Crippen LogP contribution in [0.4, 0.5) is 0 Å². The first-order valence-corrected chi connectivity index (χ1v) is 12.9. The highest BCUT2D eigenvalue weighted by atomic mass is 79.9. The van der Waals surface area contributed by atoms with Crippen molar-refractivity contribution < 1.29 is 29.5 Å². The molecular weight excluding hydrogens is 572 g/mol. The first-order chi connectivity index (χ1) is 15.3. The van der Waals surface area contributed by atoms with Gasteiger partial charge in [-0.2, -0.15) is 0 Å². The van der Waals surface area contributed by atoms with Gasteiger partial charge in [0.05, 0.1) is 0 Å². The smallest absolute Gasteiger partial charge is 0.238 e. The van der Waals surface area contributed by atoms with Crippen molar-refractivity contribution in [3.8, 4) is 0 Å². The first-order valence-electron chi connectivity index (χ1n) is 11.4. The normalized spacial score (nSPS) is 26.5. The predicted octanol–water partition coefficient (Wildman–Crippen LogP) is 5.36. The molecule has 0 aromatic rings. The lowest BCUT2D eigenvalue weighted by molar-refractivity contribution is -0.299. The highest BCUT2D eigenvalue weighted by molar-refractivity contribution is 9.12. The second-order valence-electron chi connectivity index (χ2n) is 11.7. The van der Waals surface area contributed by atoms with Crippen LogP contribution in [0, 0.1) is 0 Å². The standard InChI is InChI=1S/C24H36Br2N2O6/c1-21(2)9-15(10-22(3,4)27(21)31)33-14-18(26)19(30)20(17(25)13-29)34-16-11-23(5,6)28(32)24(7,8)12-16/h13-16H,9-12H2,1-8H3/b18-14-,20-17+. The molecule has 0 aromatic carbocycles. The number of nitrogens with zero attached hydrogens (tertiary/aromatic N) is 2. The molecule has 10 heteroatoms. The summed E-state index contributed by atoms with van der Waals surface area (Å²) in [5.74, 6) is -0.702. The molecular formula is C24H36Br2N2O6. The molecule has 0 unspecified atom stereocenters. The van der Waals surface area contributed by atoms with Gasteiger partial charge in [0.2, 0.25) is 5.78 Å². The van der Waals surface area contributed by atoms with Crippen molar-refractivity contribution in [3.05, 3.63) is 21.0 Å². The molecule has 0 saturated carbocycles. The van der Waals surface area contributed by atoms with Gasteiger partial charge in [-0.25, -0.2) is 0 Å². The number of hydrogen-bond donors (Lipinski definition) is 0. The van der Waals surface area contributed by atoms with Crippen LogP contribution < -0.4 is 0 Å². The van der Waals surface area contributed by atoms with Crippen molar-refractivity contribution in [1.82, 2.24) is 10.1 Å². The Morgan fingerprint density at radius 1 is 0.794 bits per heavy atom. The number of hydrogen-bond acceptors (Lipinski definition) is 6. The third kappa shape index (κ3) is 6.50. The van der Waals surface area contributed by atoms with E-state index in [0.717, 1.165) is 10.1 Å². The number of rotatable bonds is 7. The number of halogens is 2. The molecule has 2 rings (SSSR count). The summed E-state index contributed by atoms with van der Waals surface area (Å²) in [6.07, 6.45) is 2.90. The number of hydroxylamine groups is 4. The van der Waals surface area contributed by atoms with Gasteiger partial charge in [0, 0.05) is 47.8 Å². The Bertz CT molecular complexity index is 830. The molecule has 0 spiro atoms. The molecule has 34 heavy (non-hydrogen) atoms. The van der Waals surface area contributed by atoms with Crippen LogP contribution in [-0.4, -0.2) is 56.6 Å². The zero-order chi connectivity index (χ0) is 26.3. The van der Waals surface area contributed by atoms with Crippen molar-refractivity contribution in [1.29, 1.82) is 0 Å². The zero-order valence-corrected chi connectivity index (χ0v) is 24.4. The molecule has 0 amide bonds. The fourth-order valence-corrected chi connectivity index (χ4v) is 5.84. The van der Waals surface area contributed by atoms with E-state index in [0.29, 0.717) is 32.0 Å². The van der Waals surface area contributed by atoms with E-state index in [4.69, 9.17) is 9.47 Å². The Morgan fingerprint density at radius 3 is 1.56 bits per heavy atom. The van der Waals surface area contributed by atoms with Gasteiger partial charge < -0.3 is 9.47 Å². The van der Waals surface area contributed by atoms with Crippen molar-refractivity contribution >= 4 is 43.9 Å². The molecule has 2 saturated heterocycles. The molecule has 0 N–H and O–H groups in total. The topological polar surface area (TPSA) is 98.9 Å². The quantitative estimate of drug-likeness (QED) is 0.219. The van der Waals surface area contributed by atoms with Gasteiger partial charge in [-0.15, -0.1) is 20.5 Å². The van der Waals surface area contributed by atoms with Crippen molar-refractivity contribution in [3.63, 3.8) is 0 Å². The van der Waals surface area contributed by atoms with Crippen LogP contribution >= 0.6 is 31.9 Å². The minimum absolute atomic E-state index is 0.0232. The number of piperidine rings is 2. The molecule has 2 aliphatic heterocycles. The van der Waals surface area contributed by atoms with Gasteiger partial charge in [0.1, 0.15) is 27.4 Å². The SMILES string of the molecule is CC1(C)CC(O/C=C(\Br)C(=O)/C(OC2CC(C)(C)N([O])C(C)(C)C2)=C(\Br)C=O)CC(C)(C)N1[O]. The Morgan fingerprint density at radius 2 is 1.18 bits per heavy atom. The number of carbonyl (C=O) groups is 2. The lowest BCUT2D eigenvalue weighted by atomic mass is 9.80. The lowest BCUT2D eigenvalue weighted by Crippen LogP contribution is -2.59. The minimum atomic E-state index is -0.694. The second kappa shape index (κ2) is 10.3. The van der Waals surface area contributed by atoms with Gasteiger partial charge in [-0.1, -0.05) is 0 Å². The third-order valence-electron chi connectivity index (χ3n) is 6.50. The maximum absolute atomic E-state index is 13.2. The lowest BCUT2D eigenvalue weighted by Gasteiger charge is -2.49. The monoisotopic (exact) mass is 606 g/mol. The van der Waals surface area contributed by atoms with E-state index in [1.54, 1.807) is 0 Å². The summed E-state index contributed by atoms with van der Waals surface area (Å²) >= 11 is 6.40. The summed E-state index contributed by atoms with van der Waals surface area (Å²) in [6.45, 7) is 14.8. The minimum Gasteiger partial charge on any atom is -0.497 e. The number of Topliss-reactive ketones (excluding diaryl/α,β-unsaturated/α-hetero) is 1. The Labute approximate surface area is 219 Å². The fraction of sp³-hybridized carbons (Fsp3) is 0.750. The largest absolute Gasteiger partial charge is 0.497 e. The zero-order valence-electron chi connectivity index (χ0n) is 21.2. The molecule has 192 valence electrons. The van der Waals surface area contributed by atoms with E-state index in [1.165, 1.54) is 6.26 Å². The summed E-state index contributed by atoms with van der Waals surface area (Å²) in [6, 6.07) is 0. The van der Waals surface area contributed by atoms with Crippen molar-refractivity contribution in [2.75, 3.05) is 0 Å². The molecule has 2 aliphatic rings. The molecule has 8 nitrogen and oxygen atoms in total. The fourth-order valence-electron chi connectivity index (χ4n) is 5.28. The molecule has 2 radical (unpaired) electrons. The Balaban J connectivity index is 2.20. The number of ketones is 1. The van der Waals surface area contributed by atoms with Gasteiger partial charge in [0.15, 0.2) is 12.0 Å². The van der Waals surface area contributed by atoms with E-state index < -0.39 is 34.0 Å². The van der Waals surface area contributed by atoms with Gasteiger partial charge >= 0.3 is 0 Å². The highest BCUT2D eigenvalue weighted by Crippen LogP contribution is 2.40. The number of carbonyl (C=O) groups excluding carboxylic acids is 2. The van der Waals surface area contributed by atoms with Crippen molar-refractivity contribution in [2.45, 2.75) is 115 Å². The van der Waals surface area contributed by atoms with E-state index in [9.17, 15) is 20.0 Å². The summed E-state index contributed by atoms with van der Waals surface area (Å²) in [5, 5.41) is 27.4. The molecule has 0 bridgehead atoms. The predicted molar refractivity (Wildman–Crippen MR) is 134 cm³/mol. The molecule has 2 heterocycles. The van der Waals surface area contributed by atoms with Gasteiger partial charge in [-0.05, 0) is 87.2 Å². The summed E-state index contributed by atoms with van der Waals surface area (Å²) in [7, 11) is 0. The highest BCUT2D eigenvalue weighted by Gasteiger charge is 2.48. The summed E-state index contributed by atoms with van der Waals surface area (Å²) in [5.41, 5.74) is -2.61. The van der Waals surface area contributed by atoms with Crippen LogP contribution in [0.5, 0.6) is 0 Å². The summed E-state index contributed by atoms with van der Waals surface area (Å²) in [4.78, 5) is 24.7. The second-order valence-corrected chi connectivity index (χ2v) is 13.5. The average Bonchev–Trinajstić information content (AvgIpc) is 2.70. The maximum Gasteiger partial charge on any atom is 0.238 e. The Hall–Kier alpha value is -0.780. The molecule has 0 atom stereocenters. The van der Waals surface area contributed by atoms with E-state index in [2.05, 4.69) is 31.9 Å². The van der Waals surface area contributed by atoms with Gasteiger partial charge in [-0.3, -0.25) is 9.59 Å². The maximum atomic E-state index is 13.2. The van der Waals surface area contributed by atoms with Crippen LogP contribution in [0.25, 0.3) is 0 Å². The molecule has 0 aliphatic carbocycles. The summed E-state index contributed by atoms with van der Waals surface area (Å²) < 4.78 is 12.0. The van der Waals surface area contributed by atoms with Crippen LogP contribution in [0.2, 0.25) is 0 Å². The first kappa shape index (κ1) is 29.5. The third-order valence-corrected chi connectivity index (χ3v) is 7.59. The average molecular weight is 608 g/mol. The van der Waals surface area contributed by atoms with Crippen LogP contribution in [0.1, 0.15) is 81.1 Å². The number of aldehydes is 1. The van der Waals surface area contributed by atoms with Crippen molar-refractivity contribution in [2.24, 2.45) is 0 Å². The Kier molecular flexibility index (Phi) is 8.92. The van der Waals surface area contributed by atoms with Crippen LogP contribution in [0.3, 0.4) is 0 Å². The molecule has 2 fully saturated rings.